The molecule has 12 rings (SSSR count). The molecule has 0 saturated heterocycles. The molecule has 0 aliphatic carbocycles. The molecule has 0 spiro atoms. The van der Waals surface area contributed by atoms with Crippen LogP contribution in [-0.2, 0) is 0 Å². The maximum absolute atomic E-state index is 5.25. The lowest BCUT2D eigenvalue weighted by Gasteiger charge is -2.11. The molecule has 0 amide bonds. The minimum atomic E-state index is 0.968. The van der Waals surface area contributed by atoms with Crippen LogP contribution in [0.2, 0.25) is 0 Å². The summed E-state index contributed by atoms with van der Waals surface area (Å²) >= 11 is 0. The predicted octanol–water partition coefficient (Wildman–Crippen LogP) is 16.8. The van der Waals surface area contributed by atoms with Crippen molar-refractivity contribution in [3.8, 4) is 78.1 Å². The van der Waals surface area contributed by atoms with Crippen molar-refractivity contribution in [2.24, 2.45) is 0 Å². The molecular weight excluding hydrogens is 773 g/mol. The Morgan fingerprint density at radius 1 is 0.188 bits per heavy atom. The molecule has 0 aliphatic rings. The normalized spacial score (nSPS) is 11.4. The van der Waals surface area contributed by atoms with E-state index in [9.17, 15) is 0 Å². The number of pyridine rings is 2. The molecule has 0 N–H and O–H groups in total. The predicted molar refractivity (Wildman–Crippen MR) is 270 cm³/mol. The molecule has 12 aromatic rings. The zero-order valence-electron chi connectivity index (χ0n) is 35.0. The molecule has 298 valence electrons. The van der Waals surface area contributed by atoms with Gasteiger partial charge in [0.1, 0.15) is 0 Å². The first kappa shape index (κ1) is 37.3. The second-order valence-electron chi connectivity index (χ2n) is 16.6. The van der Waals surface area contributed by atoms with Crippen molar-refractivity contribution in [2.45, 2.75) is 0 Å². The second-order valence-corrected chi connectivity index (χ2v) is 16.6. The summed E-state index contributed by atoms with van der Waals surface area (Å²) in [5.74, 6) is 0. The van der Waals surface area contributed by atoms with Crippen LogP contribution < -0.4 is 0 Å². The molecule has 0 aliphatic heterocycles. The average molecular weight is 813 g/mol. The first-order chi connectivity index (χ1) is 31.7. The molecule has 64 heavy (non-hydrogen) atoms. The van der Waals surface area contributed by atoms with Crippen LogP contribution in [0.1, 0.15) is 0 Å². The Kier molecular flexibility index (Phi) is 9.20. The fraction of sp³-hybridized carbons (Fsp3) is 0. The summed E-state index contributed by atoms with van der Waals surface area (Å²) in [4.78, 5) is 10.5. The first-order valence-electron chi connectivity index (χ1n) is 21.9. The topological polar surface area (TPSA) is 25.8 Å². The van der Waals surface area contributed by atoms with Gasteiger partial charge in [-0.25, -0.2) is 9.97 Å². The van der Waals surface area contributed by atoms with Gasteiger partial charge < -0.3 is 0 Å². The highest BCUT2D eigenvalue weighted by Gasteiger charge is 2.11. The quantitative estimate of drug-likeness (QED) is 0.150. The summed E-state index contributed by atoms with van der Waals surface area (Å²) in [5, 5.41) is 7.00. The van der Waals surface area contributed by atoms with Gasteiger partial charge >= 0.3 is 0 Å². The summed E-state index contributed by atoms with van der Waals surface area (Å²) in [6.45, 7) is 0. The molecular formula is C62H40N2. The van der Waals surface area contributed by atoms with Crippen LogP contribution in [0.25, 0.3) is 122 Å². The average Bonchev–Trinajstić information content (AvgIpc) is 3.38. The van der Waals surface area contributed by atoms with Crippen molar-refractivity contribution >= 4 is 43.4 Å². The lowest BCUT2D eigenvalue weighted by Crippen LogP contribution is -1.89. The minimum Gasteiger partial charge on any atom is -0.247 e. The zero-order valence-corrected chi connectivity index (χ0v) is 35.0. The highest BCUT2D eigenvalue weighted by atomic mass is 14.7. The number of nitrogens with zero attached hydrogens (tertiary/aromatic N) is 2. The van der Waals surface area contributed by atoms with Gasteiger partial charge in [0.2, 0.25) is 0 Å². The van der Waals surface area contributed by atoms with Gasteiger partial charge in [0.05, 0.1) is 22.4 Å². The van der Waals surface area contributed by atoms with Crippen molar-refractivity contribution in [1.82, 2.24) is 9.97 Å². The van der Waals surface area contributed by atoms with Crippen LogP contribution in [0.15, 0.2) is 243 Å². The van der Waals surface area contributed by atoms with E-state index in [-0.39, 0.29) is 0 Å². The molecule has 0 atom stereocenters. The molecule has 0 fully saturated rings. The highest BCUT2D eigenvalue weighted by molar-refractivity contribution is 6.08. The molecule has 10 aromatic carbocycles. The van der Waals surface area contributed by atoms with Gasteiger partial charge in [-0.2, -0.15) is 0 Å². The first-order valence-corrected chi connectivity index (χ1v) is 21.9. The van der Waals surface area contributed by atoms with E-state index in [1.807, 2.05) is 0 Å². The molecule has 0 bridgehead atoms. The fourth-order valence-corrected chi connectivity index (χ4v) is 9.18. The molecule has 2 nitrogen and oxygen atoms in total. The van der Waals surface area contributed by atoms with Gasteiger partial charge in [-0.05, 0) is 103 Å². The number of aromatic nitrogens is 2. The SMILES string of the molecule is c1ccc(-c2ccc3ccc4ccc(-c5ccc(-c6cccc(-c7cccc(-c8ccc(-c9ccc%10ccc%11ccc(-c%12ccccc%12)cc%11c%10n9)cc8)c7)c6)cc5)nc4c3c2)cc1. The Balaban J connectivity index is 0.801. The van der Waals surface area contributed by atoms with Crippen molar-refractivity contribution in [3.05, 3.63) is 243 Å². The summed E-state index contributed by atoms with van der Waals surface area (Å²) in [6, 6.07) is 87.1. The van der Waals surface area contributed by atoms with Crippen LogP contribution in [0, 0.1) is 0 Å². The van der Waals surface area contributed by atoms with Crippen molar-refractivity contribution in [2.75, 3.05) is 0 Å². The second kappa shape index (κ2) is 15.8. The lowest BCUT2D eigenvalue weighted by atomic mass is 9.95. The molecule has 0 radical (unpaired) electrons. The Hall–Kier alpha value is -8.46. The third kappa shape index (κ3) is 6.98. The maximum Gasteiger partial charge on any atom is 0.0788 e. The van der Waals surface area contributed by atoms with E-state index < -0.39 is 0 Å². The standard InChI is InChI=1S/C62H40N2/c1-3-9-41(10-4-1)55-31-23-45-21-29-49-33-35-59(63-61(49)57(45)39-55)47-25-17-43(18-26-47)51-13-7-15-53(37-51)54-16-8-14-52(38-54)44-19-27-48(28-20-44)60-36-34-50-30-22-46-24-32-56(40-58(46)62(50)64-60)42-11-5-2-6-12-42/h1-40H. The molecule has 0 unspecified atom stereocenters. The molecule has 2 heteroatoms. The number of hydrogen-bond donors (Lipinski definition) is 0. The van der Waals surface area contributed by atoms with Crippen LogP contribution in [0.4, 0.5) is 0 Å². The van der Waals surface area contributed by atoms with E-state index in [1.165, 1.54) is 77.2 Å². The van der Waals surface area contributed by atoms with Gasteiger partial charge in [-0.1, -0.05) is 206 Å². The Bertz CT molecular complexity index is 3440. The number of fused-ring (bicyclic) bond motifs is 6. The zero-order chi connectivity index (χ0) is 42.4. The number of hydrogen-bond acceptors (Lipinski definition) is 2. The third-order valence-corrected chi connectivity index (χ3v) is 12.7. The number of benzene rings is 10. The van der Waals surface area contributed by atoms with E-state index in [1.54, 1.807) is 0 Å². The van der Waals surface area contributed by atoms with Crippen LogP contribution in [0.5, 0.6) is 0 Å². The fourth-order valence-electron chi connectivity index (χ4n) is 9.18. The van der Waals surface area contributed by atoms with Crippen LogP contribution in [-0.4, -0.2) is 9.97 Å². The highest BCUT2D eigenvalue weighted by Crippen LogP contribution is 2.35. The van der Waals surface area contributed by atoms with Crippen molar-refractivity contribution < 1.29 is 0 Å². The van der Waals surface area contributed by atoms with E-state index in [0.29, 0.717) is 0 Å². The van der Waals surface area contributed by atoms with Crippen LogP contribution >= 0.6 is 0 Å². The van der Waals surface area contributed by atoms with Crippen molar-refractivity contribution in [1.29, 1.82) is 0 Å². The Labute approximate surface area is 372 Å². The van der Waals surface area contributed by atoms with E-state index in [0.717, 1.165) is 44.3 Å². The maximum atomic E-state index is 5.25. The van der Waals surface area contributed by atoms with Gasteiger partial charge in [0.15, 0.2) is 0 Å². The van der Waals surface area contributed by atoms with E-state index in [4.69, 9.17) is 9.97 Å². The molecule has 0 saturated carbocycles. The summed E-state index contributed by atoms with van der Waals surface area (Å²) in [7, 11) is 0. The largest absolute Gasteiger partial charge is 0.247 e. The summed E-state index contributed by atoms with van der Waals surface area (Å²) in [5.41, 5.74) is 18.0. The van der Waals surface area contributed by atoms with E-state index in [2.05, 4.69) is 243 Å². The molecule has 2 heterocycles. The van der Waals surface area contributed by atoms with Crippen molar-refractivity contribution in [3.63, 3.8) is 0 Å². The summed E-state index contributed by atoms with van der Waals surface area (Å²) < 4.78 is 0. The summed E-state index contributed by atoms with van der Waals surface area (Å²) in [6.07, 6.45) is 0. The monoisotopic (exact) mass is 812 g/mol. The van der Waals surface area contributed by atoms with Gasteiger partial charge in [-0.3, -0.25) is 0 Å². The third-order valence-electron chi connectivity index (χ3n) is 12.7. The lowest BCUT2D eigenvalue weighted by molar-refractivity contribution is 1.41. The Morgan fingerprint density at radius 3 is 0.891 bits per heavy atom. The van der Waals surface area contributed by atoms with Gasteiger partial charge in [0, 0.05) is 32.7 Å². The Morgan fingerprint density at radius 2 is 0.469 bits per heavy atom. The number of rotatable bonds is 7. The smallest absolute Gasteiger partial charge is 0.0788 e. The van der Waals surface area contributed by atoms with Gasteiger partial charge in [0.25, 0.3) is 0 Å². The van der Waals surface area contributed by atoms with Gasteiger partial charge in [-0.15, -0.1) is 0 Å². The molecule has 2 aromatic heterocycles. The van der Waals surface area contributed by atoms with E-state index >= 15 is 0 Å². The van der Waals surface area contributed by atoms with Crippen LogP contribution in [0.3, 0.4) is 0 Å². The minimum absolute atomic E-state index is 0.968.